The number of nitrogens with zero attached hydrogens (tertiary/aromatic N) is 4. The van der Waals surface area contributed by atoms with E-state index in [0.29, 0.717) is 18.1 Å². The van der Waals surface area contributed by atoms with Gasteiger partial charge in [0.25, 0.3) is 0 Å². The molecule has 0 radical (unpaired) electrons. The third-order valence-electron chi connectivity index (χ3n) is 5.52. The van der Waals surface area contributed by atoms with Gasteiger partial charge in [-0.25, -0.2) is 0 Å². The summed E-state index contributed by atoms with van der Waals surface area (Å²) in [7, 11) is 0. The Kier molecular flexibility index (Phi) is 12.2. The van der Waals surface area contributed by atoms with Crippen molar-refractivity contribution in [3.63, 3.8) is 0 Å². The highest BCUT2D eigenvalue weighted by Gasteiger charge is 2.30. The minimum absolute atomic E-state index is 0. The molecule has 0 aromatic rings. The van der Waals surface area contributed by atoms with E-state index in [4.69, 9.17) is 9.73 Å². The van der Waals surface area contributed by atoms with Gasteiger partial charge < -0.3 is 15.0 Å². The van der Waals surface area contributed by atoms with E-state index in [9.17, 15) is 0 Å². The lowest BCUT2D eigenvalue weighted by molar-refractivity contribution is 0.0195. The minimum atomic E-state index is 0. The molecule has 1 atom stereocenters. The number of hydrogen-bond donors (Lipinski definition) is 1. The predicted molar refractivity (Wildman–Crippen MR) is 125 cm³/mol. The molecule has 0 bridgehead atoms. The molecule has 0 amide bonds. The van der Waals surface area contributed by atoms with Crippen LogP contribution < -0.4 is 5.32 Å². The first-order chi connectivity index (χ1) is 12.5. The molecule has 2 heterocycles. The van der Waals surface area contributed by atoms with Crippen LogP contribution in [0, 0.1) is 0 Å². The Morgan fingerprint density at radius 1 is 1.15 bits per heavy atom. The molecule has 27 heavy (non-hydrogen) atoms. The molecule has 2 aliphatic heterocycles. The average Bonchev–Trinajstić information content (AvgIpc) is 3.10. The Bertz CT molecular complexity index is 419. The van der Waals surface area contributed by atoms with E-state index in [1.165, 1.54) is 6.42 Å². The van der Waals surface area contributed by atoms with E-state index >= 15 is 0 Å². The van der Waals surface area contributed by atoms with E-state index in [1.54, 1.807) is 0 Å². The minimum Gasteiger partial charge on any atom is -0.379 e. The van der Waals surface area contributed by atoms with Crippen LogP contribution in [0.25, 0.3) is 0 Å². The quantitative estimate of drug-likeness (QED) is 0.243. The lowest BCUT2D eigenvalue weighted by Crippen LogP contribution is -2.46. The summed E-state index contributed by atoms with van der Waals surface area (Å²) < 4.78 is 5.50. The molecule has 0 aromatic heterocycles. The van der Waals surface area contributed by atoms with Crippen molar-refractivity contribution in [1.29, 1.82) is 0 Å². The Morgan fingerprint density at radius 3 is 2.41 bits per heavy atom. The van der Waals surface area contributed by atoms with Crippen LogP contribution in [0.3, 0.4) is 0 Å². The van der Waals surface area contributed by atoms with Crippen molar-refractivity contribution in [2.24, 2.45) is 4.99 Å². The van der Waals surface area contributed by atoms with Crippen molar-refractivity contribution in [3.8, 4) is 0 Å². The van der Waals surface area contributed by atoms with Gasteiger partial charge in [0.05, 0.1) is 13.2 Å². The molecule has 0 aromatic carbocycles. The van der Waals surface area contributed by atoms with Crippen molar-refractivity contribution in [2.45, 2.75) is 65.6 Å². The molecule has 1 unspecified atom stereocenters. The van der Waals surface area contributed by atoms with Crippen molar-refractivity contribution in [2.75, 3.05) is 59.0 Å². The van der Waals surface area contributed by atoms with Gasteiger partial charge >= 0.3 is 0 Å². The third kappa shape index (κ3) is 8.03. The molecule has 0 saturated carbocycles. The van der Waals surface area contributed by atoms with Crippen molar-refractivity contribution in [1.82, 2.24) is 20.0 Å². The SMILES string of the molecule is CCNC(=NCCCN(C(C)C)C(C)C)N1CCC(N2CCOCC2)C1.I. The van der Waals surface area contributed by atoms with Gasteiger partial charge in [-0.2, -0.15) is 0 Å². The molecule has 2 rings (SSSR count). The molecule has 2 fully saturated rings. The van der Waals surface area contributed by atoms with Crippen LogP contribution >= 0.6 is 24.0 Å². The number of aliphatic imine (C=N–C) groups is 1. The normalized spacial score (nSPS) is 22.0. The van der Waals surface area contributed by atoms with E-state index in [1.807, 2.05) is 0 Å². The van der Waals surface area contributed by atoms with Crippen molar-refractivity contribution in [3.05, 3.63) is 0 Å². The summed E-state index contributed by atoms with van der Waals surface area (Å²) >= 11 is 0. The topological polar surface area (TPSA) is 43.3 Å². The Balaban J connectivity index is 0.00000364. The first-order valence-corrected chi connectivity index (χ1v) is 10.6. The summed E-state index contributed by atoms with van der Waals surface area (Å²) in [6, 6.07) is 1.85. The number of guanidine groups is 1. The van der Waals surface area contributed by atoms with Gasteiger partial charge in [0, 0.05) is 63.9 Å². The zero-order valence-corrected chi connectivity index (χ0v) is 20.4. The molecular formula is C20H42IN5O. The van der Waals surface area contributed by atoms with Crippen LogP contribution in [-0.4, -0.2) is 97.8 Å². The summed E-state index contributed by atoms with van der Waals surface area (Å²) in [4.78, 5) is 12.5. The molecule has 2 saturated heterocycles. The number of nitrogens with one attached hydrogen (secondary N) is 1. The smallest absolute Gasteiger partial charge is 0.193 e. The van der Waals surface area contributed by atoms with Gasteiger partial charge in [-0.15, -0.1) is 24.0 Å². The van der Waals surface area contributed by atoms with Gasteiger partial charge in [0.15, 0.2) is 5.96 Å². The number of likely N-dealkylation sites (tertiary alicyclic amines) is 1. The highest BCUT2D eigenvalue weighted by atomic mass is 127. The largest absolute Gasteiger partial charge is 0.379 e. The molecule has 1 N–H and O–H groups in total. The molecule has 6 nitrogen and oxygen atoms in total. The third-order valence-corrected chi connectivity index (χ3v) is 5.52. The van der Waals surface area contributed by atoms with Gasteiger partial charge in [-0.05, 0) is 47.5 Å². The fraction of sp³-hybridized carbons (Fsp3) is 0.950. The maximum Gasteiger partial charge on any atom is 0.193 e. The Labute approximate surface area is 184 Å². The van der Waals surface area contributed by atoms with Crippen molar-refractivity contribution >= 4 is 29.9 Å². The highest BCUT2D eigenvalue weighted by Crippen LogP contribution is 2.17. The van der Waals surface area contributed by atoms with Crippen LogP contribution in [0.2, 0.25) is 0 Å². The van der Waals surface area contributed by atoms with Crippen molar-refractivity contribution < 1.29 is 4.74 Å². The van der Waals surface area contributed by atoms with E-state index < -0.39 is 0 Å². The van der Waals surface area contributed by atoms with Crippen LogP contribution in [0.5, 0.6) is 0 Å². The first kappa shape index (κ1) is 24.9. The van der Waals surface area contributed by atoms with Gasteiger partial charge in [0.2, 0.25) is 0 Å². The number of rotatable bonds is 8. The zero-order chi connectivity index (χ0) is 18.9. The van der Waals surface area contributed by atoms with Gasteiger partial charge in [0.1, 0.15) is 0 Å². The average molecular weight is 495 g/mol. The summed E-state index contributed by atoms with van der Waals surface area (Å²) in [5, 5.41) is 3.50. The van der Waals surface area contributed by atoms with Crippen LogP contribution in [0.15, 0.2) is 4.99 Å². The summed E-state index contributed by atoms with van der Waals surface area (Å²) in [5.74, 6) is 1.10. The first-order valence-electron chi connectivity index (χ1n) is 10.6. The predicted octanol–water partition coefficient (Wildman–Crippen LogP) is 2.49. The van der Waals surface area contributed by atoms with E-state index in [2.05, 4.69) is 54.6 Å². The lowest BCUT2D eigenvalue weighted by Gasteiger charge is -2.32. The van der Waals surface area contributed by atoms with Crippen LogP contribution in [-0.2, 0) is 4.74 Å². The van der Waals surface area contributed by atoms with Gasteiger partial charge in [-0.1, -0.05) is 0 Å². The monoisotopic (exact) mass is 495 g/mol. The number of morpholine rings is 1. The maximum absolute atomic E-state index is 5.50. The molecular weight excluding hydrogens is 453 g/mol. The van der Waals surface area contributed by atoms with E-state index in [0.717, 1.165) is 71.4 Å². The molecule has 2 aliphatic rings. The molecule has 160 valence electrons. The number of halogens is 1. The fourth-order valence-corrected chi connectivity index (χ4v) is 4.15. The number of hydrogen-bond acceptors (Lipinski definition) is 4. The Morgan fingerprint density at radius 2 is 1.81 bits per heavy atom. The van der Waals surface area contributed by atoms with E-state index in [-0.39, 0.29) is 24.0 Å². The standard InChI is InChI=1S/C20H41N5O.HI/c1-6-21-20(22-9-7-10-25(17(2)3)18(4)5)24-11-8-19(16-24)23-12-14-26-15-13-23;/h17-19H,6-16H2,1-5H3,(H,21,22);1H. The molecule has 0 aliphatic carbocycles. The summed E-state index contributed by atoms with van der Waals surface area (Å²) in [6.45, 7) is 20.4. The Hall–Kier alpha value is -0.120. The summed E-state index contributed by atoms with van der Waals surface area (Å²) in [5.41, 5.74) is 0. The second-order valence-electron chi connectivity index (χ2n) is 8.05. The second kappa shape index (κ2) is 13.2. The van der Waals surface area contributed by atoms with Crippen LogP contribution in [0.4, 0.5) is 0 Å². The highest BCUT2D eigenvalue weighted by molar-refractivity contribution is 14.0. The molecule has 0 spiro atoms. The lowest BCUT2D eigenvalue weighted by atomic mass is 10.2. The maximum atomic E-state index is 5.50. The van der Waals surface area contributed by atoms with Gasteiger partial charge in [-0.3, -0.25) is 14.8 Å². The van der Waals surface area contributed by atoms with Crippen LogP contribution in [0.1, 0.15) is 47.5 Å². The zero-order valence-electron chi connectivity index (χ0n) is 18.1. The summed E-state index contributed by atoms with van der Waals surface area (Å²) in [6.07, 6.45) is 2.35. The second-order valence-corrected chi connectivity index (χ2v) is 8.05. The number of ether oxygens (including phenoxy) is 1. The molecule has 7 heteroatoms. The fourth-order valence-electron chi connectivity index (χ4n) is 4.15.